The molecule has 10 heteroatoms. The van der Waals surface area contributed by atoms with Crippen LogP contribution in [0.15, 0.2) is 69.0 Å². The van der Waals surface area contributed by atoms with E-state index in [1.54, 1.807) is 36.4 Å². The highest BCUT2D eigenvalue weighted by molar-refractivity contribution is 9.10. The summed E-state index contributed by atoms with van der Waals surface area (Å²) in [5.41, 5.74) is 1.76. The fraction of sp³-hybridized carbons (Fsp3) is 0.185. The van der Waals surface area contributed by atoms with Gasteiger partial charge in [-0.25, -0.2) is 9.78 Å². The van der Waals surface area contributed by atoms with Crippen molar-refractivity contribution in [1.29, 1.82) is 0 Å². The zero-order valence-corrected chi connectivity index (χ0v) is 22.4. The fourth-order valence-electron chi connectivity index (χ4n) is 3.68. The number of halogens is 2. The second-order valence-electron chi connectivity index (χ2n) is 7.96. The van der Waals surface area contributed by atoms with Crippen LogP contribution >= 0.6 is 27.5 Å². The highest BCUT2D eigenvalue weighted by Gasteiger charge is 2.14. The van der Waals surface area contributed by atoms with Crippen LogP contribution in [0.4, 0.5) is 0 Å². The molecule has 0 unspecified atom stereocenters. The van der Waals surface area contributed by atoms with Gasteiger partial charge in [0.25, 0.3) is 5.56 Å². The molecule has 0 atom stereocenters. The van der Waals surface area contributed by atoms with Crippen LogP contribution in [0.3, 0.4) is 0 Å². The Labute approximate surface area is 226 Å². The Balaban J connectivity index is 1.66. The first-order chi connectivity index (χ1) is 17.8. The quantitative estimate of drug-likeness (QED) is 0.245. The highest BCUT2D eigenvalue weighted by atomic mass is 79.9. The molecular weight excluding hydrogens is 562 g/mol. The maximum atomic E-state index is 13.1. The van der Waals surface area contributed by atoms with Crippen LogP contribution in [0.25, 0.3) is 10.9 Å². The second-order valence-corrected chi connectivity index (χ2v) is 9.28. The lowest BCUT2D eigenvalue weighted by atomic mass is 10.1. The molecule has 0 aliphatic rings. The number of carboxylic acid groups (broad SMARTS) is 1. The maximum Gasteiger partial charge on any atom is 0.335 e. The smallest absolute Gasteiger partial charge is 0.335 e. The number of nitrogens with zero attached hydrogens (tertiary/aromatic N) is 3. The number of hydrogen-bond donors (Lipinski definition) is 1. The van der Waals surface area contributed by atoms with Crippen LogP contribution in [-0.2, 0) is 13.0 Å². The van der Waals surface area contributed by atoms with Gasteiger partial charge in [0.2, 0.25) is 0 Å². The van der Waals surface area contributed by atoms with Crippen molar-refractivity contribution in [1.82, 2.24) is 9.66 Å². The predicted molar refractivity (Wildman–Crippen MR) is 146 cm³/mol. The third kappa shape index (κ3) is 6.00. The van der Waals surface area contributed by atoms with Gasteiger partial charge in [0.05, 0.1) is 34.3 Å². The van der Waals surface area contributed by atoms with Crippen LogP contribution in [0.2, 0.25) is 5.02 Å². The third-order valence-corrected chi connectivity index (χ3v) is 6.18. The molecule has 37 heavy (non-hydrogen) atoms. The van der Waals surface area contributed by atoms with E-state index in [1.807, 2.05) is 19.9 Å². The predicted octanol–water partition coefficient (Wildman–Crippen LogP) is 5.93. The normalized spacial score (nSPS) is 11.2. The first kappa shape index (κ1) is 26.4. The molecule has 0 saturated heterocycles. The van der Waals surface area contributed by atoms with Crippen LogP contribution in [0.5, 0.6) is 11.5 Å². The molecule has 0 spiro atoms. The van der Waals surface area contributed by atoms with Crippen LogP contribution in [-0.4, -0.2) is 33.6 Å². The first-order valence-electron chi connectivity index (χ1n) is 11.5. The number of hydrogen-bond acceptors (Lipinski definition) is 6. The third-order valence-electron chi connectivity index (χ3n) is 5.40. The van der Waals surface area contributed by atoms with Gasteiger partial charge in [-0.1, -0.05) is 46.6 Å². The summed E-state index contributed by atoms with van der Waals surface area (Å²) in [6.07, 6.45) is 2.03. The van der Waals surface area contributed by atoms with E-state index in [4.69, 9.17) is 21.1 Å². The summed E-state index contributed by atoms with van der Waals surface area (Å²) in [5, 5.41) is 14.4. The number of aromatic nitrogens is 2. The molecule has 0 aliphatic heterocycles. The summed E-state index contributed by atoms with van der Waals surface area (Å²) in [7, 11) is 0. The fourth-order valence-corrected chi connectivity index (χ4v) is 4.32. The minimum atomic E-state index is -1.02. The molecule has 190 valence electrons. The van der Waals surface area contributed by atoms with E-state index in [2.05, 4.69) is 26.0 Å². The van der Waals surface area contributed by atoms with E-state index in [0.29, 0.717) is 52.4 Å². The first-order valence-corrected chi connectivity index (χ1v) is 12.6. The molecule has 8 nitrogen and oxygen atoms in total. The zero-order valence-electron chi connectivity index (χ0n) is 20.1. The maximum absolute atomic E-state index is 13.1. The molecule has 4 rings (SSSR count). The van der Waals surface area contributed by atoms with Crippen molar-refractivity contribution >= 4 is 50.6 Å². The lowest BCUT2D eigenvalue weighted by molar-refractivity contribution is 0.0696. The van der Waals surface area contributed by atoms with Gasteiger partial charge in [-0.2, -0.15) is 9.78 Å². The summed E-state index contributed by atoms with van der Waals surface area (Å²) in [6.45, 7) is 4.20. The van der Waals surface area contributed by atoms with Gasteiger partial charge in [0.1, 0.15) is 12.4 Å². The number of fused-ring (bicyclic) bond motifs is 1. The van der Waals surface area contributed by atoms with Gasteiger partial charge in [-0.05, 0) is 60.5 Å². The van der Waals surface area contributed by atoms with Crippen LogP contribution < -0.4 is 15.0 Å². The minimum absolute atomic E-state index is 0.0991. The number of aromatic carboxylic acids is 1. The van der Waals surface area contributed by atoms with E-state index < -0.39 is 5.97 Å². The van der Waals surface area contributed by atoms with Gasteiger partial charge in [0, 0.05) is 10.9 Å². The van der Waals surface area contributed by atoms with Crippen LogP contribution in [0, 0.1) is 0 Å². The largest absolute Gasteiger partial charge is 0.490 e. The molecule has 0 fully saturated rings. The summed E-state index contributed by atoms with van der Waals surface area (Å²) in [4.78, 5) is 29.0. The molecule has 0 saturated carbocycles. The molecular formula is C27H23BrClN3O5. The summed E-state index contributed by atoms with van der Waals surface area (Å²) in [6, 6.07) is 15.2. The van der Waals surface area contributed by atoms with E-state index in [1.165, 1.54) is 23.0 Å². The molecule has 0 aliphatic carbocycles. The Hall–Kier alpha value is -3.69. The minimum Gasteiger partial charge on any atom is -0.490 e. The van der Waals surface area contributed by atoms with Crippen LogP contribution in [0.1, 0.15) is 41.2 Å². The number of benzene rings is 3. The standard InChI is InChI=1S/C27H23BrClN3O5/c1-3-24-31-22-9-8-19(28)13-20(22)26(33)32(24)30-14-17-11-21(29)25(23(12-17)36-4-2)37-15-16-6-5-7-18(10-16)27(34)35/h5-14H,3-4,15H2,1-2H3,(H,34,35). The molecule has 4 aromatic rings. The Morgan fingerprint density at radius 3 is 2.70 bits per heavy atom. The number of ether oxygens (including phenoxy) is 2. The SMILES string of the molecule is CCOc1cc(C=Nn2c(CC)nc3ccc(Br)cc3c2=O)cc(Cl)c1OCc1cccc(C(=O)O)c1. The van der Waals surface area contributed by atoms with Gasteiger partial charge >= 0.3 is 5.97 Å². The Morgan fingerprint density at radius 2 is 1.97 bits per heavy atom. The average molecular weight is 585 g/mol. The Bertz CT molecular complexity index is 1570. The summed E-state index contributed by atoms with van der Waals surface area (Å²) < 4.78 is 13.7. The van der Waals surface area contributed by atoms with E-state index in [9.17, 15) is 14.7 Å². The number of rotatable bonds is 9. The number of carboxylic acids is 1. The van der Waals surface area contributed by atoms with Gasteiger partial charge in [-0.3, -0.25) is 4.79 Å². The van der Waals surface area contributed by atoms with Crippen molar-refractivity contribution in [3.63, 3.8) is 0 Å². The summed E-state index contributed by atoms with van der Waals surface area (Å²) in [5.74, 6) is 0.230. The van der Waals surface area contributed by atoms with Crippen molar-refractivity contribution in [2.75, 3.05) is 6.61 Å². The average Bonchev–Trinajstić information content (AvgIpc) is 2.88. The zero-order chi connectivity index (χ0) is 26.5. The molecule has 0 radical (unpaired) electrons. The molecule has 0 amide bonds. The number of carbonyl (C=O) groups is 1. The Kier molecular flexibility index (Phi) is 8.25. The van der Waals surface area contributed by atoms with Crippen molar-refractivity contribution < 1.29 is 19.4 Å². The van der Waals surface area contributed by atoms with Gasteiger partial charge < -0.3 is 14.6 Å². The van der Waals surface area contributed by atoms with Crippen molar-refractivity contribution in [3.05, 3.63) is 97.0 Å². The monoisotopic (exact) mass is 583 g/mol. The molecule has 3 aromatic carbocycles. The molecule has 1 heterocycles. The lowest BCUT2D eigenvalue weighted by Crippen LogP contribution is -2.22. The van der Waals surface area contributed by atoms with E-state index >= 15 is 0 Å². The van der Waals surface area contributed by atoms with Gasteiger partial charge in [0.15, 0.2) is 11.5 Å². The van der Waals surface area contributed by atoms with E-state index in [-0.39, 0.29) is 22.8 Å². The topological polar surface area (TPSA) is 103 Å². The van der Waals surface area contributed by atoms with Crippen molar-refractivity contribution in [2.45, 2.75) is 26.9 Å². The Morgan fingerprint density at radius 1 is 1.16 bits per heavy atom. The summed E-state index contributed by atoms with van der Waals surface area (Å²) >= 11 is 9.93. The van der Waals surface area contributed by atoms with Gasteiger partial charge in [-0.15, -0.1) is 0 Å². The second kappa shape index (κ2) is 11.6. The van der Waals surface area contributed by atoms with E-state index in [0.717, 1.165) is 4.47 Å². The van der Waals surface area contributed by atoms with Crippen molar-refractivity contribution in [2.24, 2.45) is 5.10 Å². The number of aryl methyl sites for hydroxylation is 1. The molecule has 1 aromatic heterocycles. The highest BCUT2D eigenvalue weighted by Crippen LogP contribution is 2.37. The van der Waals surface area contributed by atoms with Crippen molar-refractivity contribution in [3.8, 4) is 11.5 Å². The molecule has 0 bridgehead atoms. The lowest BCUT2D eigenvalue weighted by Gasteiger charge is -2.15. The molecule has 1 N–H and O–H groups in total.